The first-order chi connectivity index (χ1) is 12.9. The molecule has 0 saturated heterocycles. The molecule has 1 fully saturated rings. The van der Waals surface area contributed by atoms with Gasteiger partial charge in [-0.1, -0.05) is 0 Å². The maximum atomic E-state index is 11.9. The van der Waals surface area contributed by atoms with Crippen molar-refractivity contribution in [1.82, 2.24) is 20.6 Å². The summed E-state index contributed by atoms with van der Waals surface area (Å²) in [6.07, 6.45) is 8.57. The first-order valence-corrected chi connectivity index (χ1v) is 10.3. The number of carbonyl (C=O) groups is 1. The largest absolute Gasteiger partial charge is 0.362 e. The van der Waals surface area contributed by atoms with E-state index < -0.39 is 0 Å². The van der Waals surface area contributed by atoms with Gasteiger partial charge in [0.15, 0.2) is 0 Å². The van der Waals surface area contributed by atoms with Crippen LogP contribution in [0, 0.1) is 0 Å². The number of fused-ring (bicyclic) bond motifs is 1. The summed E-state index contributed by atoms with van der Waals surface area (Å²) in [5, 5.41) is 9.54. The van der Waals surface area contributed by atoms with Gasteiger partial charge in [-0.25, -0.2) is 9.78 Å². The second kappa shape index (κ2) is 8.76. The first kappa shape index (κ1) is 19.7. The van der Waals surface area contributed by atoms with Gasteiger partial charge in [0, 0.05) is 37.8 Å². The Kier molecular flexibility index (Phi) is 6.39. The number of aryl methyl sites for hydroxylation is 1. The zero-order chi connectivity index (χ0) is 19.4. The van der Waals surface area contributed by atoms with Gasteiger partial charge in [0.1, 0.15) is 5.82 Å². The number of rotatable bonds is 5. The SMILES string of the molecule is CC(C)NC(=O)N[C@H]1CC[C@@H](Nc2nc3c(c(N(C)C)n2)CCCC3)CC1. The van der Waals surface area contributed by atoms with Crippen LogP contribution in [0.25, 0.3) is 0 Å². The molecule has 0 aromatic carbocycles. The molecule has 150 valence electrons. The van der Waals surface area contributed by atoms with Crippen LogP contribution in [0.3, 0.4) is 0 Å². The van der Waals surface area contributed by atoms with Crippen LogP contribution in [0.4, 0.5) is 16.6 Å². The van der Waals surface area contributed by atoms with E-state index in [9.17, 15) is 4.79 Å². The third-order valence-corrected chi connectivity index (χ3v) is 5.40. The van der Waals surface area contributed by atoms with Gasteiger partial charge in [0.05, 0.1) is 5.69 Å². The molecular formula is C20H34N6O. The standard InChI is InChI=1S/C20H34N6O/c1-13(2)21-20(27)23-15-11-9-14(10-12-15)22-19-24-17-8-6-5-7-16(17)18(25-19)26(3)4/h13-15H,5-12H2,1-4H3,(H2,21,23,27)(H,22,24,25)/t14-,15+. The lowest BCUT2D eigenvalue weighted by Crippen LogP contribution is -2.46. The minimum Gasteiger partial charge on any atom is -0.362 e. The van der Waals surface area contributed by atoms with Crippen molar-refractivity contribution in [3.05, 3.63) is 11.3 Å². The van der Waals surface area contributed by atoms with Crippen LogP contribution in [0.5, 0.6) is 0 Å². The lowest BCUT2D eigenvalue weighted by Gasteiger charge is -2.30. The number of urea groups is 1. The van der Waals surface area contributed by atoms with E-state index in [2.05, 4.69) is 34.9 Å². The van der Waals surface area contributed by atoms with Crippen LogP contribution >= 0.6 is 0 Å². The molecule has 7 nitrogen and oxygen atoms in total. The number of hydrogen-bond donors (Lipinski definition) is 3. The Morgan fingerprint density at radius 1 is 1.04 bits per heavy atom. The zero-order valence-corrected chi connectivity index (χ0v) is 17.1. The van der Waals surface area contributed by atoms with Crippen LogP contribution in [0.1, 0.15) is 63.6 Å². The molecule has 27 heavy (non-hydrogen) atoms. The second-order valence-electron chi connectivity index (χ2n) is 8.36. The number of nitrogens with zero attached hydrogens (tertiary/aromatic N) is 3. The number of carbonyl (C=O) groups excluding carboxylic acids is 1. The molecule has 2 aliphatic rings. The van der Waals surface area contributed by atoms with Crippen LogP contribution in [-0.2, 0) is 12.8 Å². The fourth-order valence-electron chi connectivity index (χ4n) is 4.06. The van der Waals surface area contributed by atoms with E-state index in [1.165, 1.54) is 24.1 Å². The summed E-state index contributed by atoms with van der Waals surface area (Å²) < 4.78 is 0. The average molecular weight is 375 g/mol. The highest BCUT2D eigenvalue weighted by Crippen LogP contribution is 2.29. The van der Waals surface area contributed by atoms with Crippen molar-refractivity contribution in [3.8, 4) is 0 Å². The first-order valence-electron chi connectivity index (χ1n) is 10.3. The Morgan fingerprint density at radius 3 is 2.37 bits per heavy atom. The van der Waals surface area contributed by atoms with E-state index in [0.717, 1.165) is 50.3 Å². The lowest BCUT2D eigenvalue weighted by molar-refractivity contribution is 0.229. The van der Waals surface area contributed by atoms with E-state index in [4.69, 9.17) is 9.97 Å². The van der Waals surface area contributed by atoms with Crippen molar-refractivity contribution < 1.29 is 4.79 Å². The number of anilines is 2. The van der Waals surface area contributed by atoms with Crippen LogP contribution in [-0.4, -0.2) is 48.2 Å². The highest BCUT2D eigenvalue weighted by atomic mass is 16.2. The summed E-state index contributed by atoms with van der Waals surface area (Å²) >= 11 is 0. The molecule has 1 aromatic heterocycles. The number of amides is 2. The van der Waals surface area contributed by atoms with E-state index in [1.807, 2.05) is 13.8 Å². The van der Waals surface area contributed by atoms with Gasteiger partial charge in [-0.2, -0.15) is 4.98 Å². The molecule has 0 unspecified atom stereocenters. The summed E-state index contributed by atoms with van der Waals surface area (Å²) in [5.41, 5.74) is 2.53. The van der Waals surface area contributed by atoms with Gasteiger partial charge in [0.25, 0.3) is 0 Å². The van der Waals surface area contributed by atoms with Gasteiger partial charge in [-0.3, -0.25) is 0 Å². The smallest absolute Gasteiger partial charge is 0.315 e. The minimum absolute atomic E-state index is 0.0601. The summed E-state index contributed by atoms with van der Waals surface area (Å²) in [6, 6.07) is 0.724. The molecule has 7 heteroatoms. The Labute approximate surface area is 162 Å². The lowest BCUT2D eigenvalue weighted by atomic mass is 9.91. The molecule has 0 radical (unpaired) electrons. The maximum absolute atomic E-state index is 11.9. The number of aromatic nitrogens is 2. The monoisotopic (exact) mass is 374 g/mol. The molecule has 3 N–H and O–H groups in total. The number of nitrogens with one attached hydrogen (secondary N) is 3. The summed E-state index contributed by atoms with van der Waals surface area (Å²) in [4.78, 5) is 23.6. The summed E-state index contributed by atoms with van der Waals surface area (Å²) in [6.45, 7) is 3.95. The molecular weight excluding hydrogens is 340 g/mol. The highest BCUT2D eigenvalue weighted by molar-refractivity contribution is 5.74. The van der Waals surface area contributed by atoms with Gasteiger partial charge in [-0.05, 0) is 65.2 Å². The fourth-order valence-corrected chi connectivity index (χ4v) is 4.06. The Morgan fingerprint density at radius 2 is 1.70 bits per heavy atom. The van der Waals surface area contributed by atoms with Crippen molar-refractivity contribution in [2.24, 2.45) is 0 Å². The van der Waals surface area contributed by atoms with Crippen LogP contribution in [0.2, 0.25) is 0 Å². The van der Waals surface area contributed by atoms with Crippen molar-refractivity contribution in [1.29, 1.82) is 0 Å². The molecule has 0 spiro atoms. The Balaban J connectivity index is 1.57. The van der Waals surface area contributed by atoms with Crippen LogP contribution in [0.15, 0.2) is 0 Å². The van der Waals surface area contributed by atoms with E-state index in [1.54, 1.807) is 0 Å². The summed E-state index contributed by atoms with van der Waals surface area (Å²) in [5.74, 6) is 1.82. The van der Waals surface area contributed by atoms with Crippen molar-refractivity contribution in [2.45, 2.75) is 83.3 Å². The second-order valence-corrected chi connectivity index (χ2v) is 8.36. The quantitative estimate of drug-likeness (QED) is 0.738. The Bertz CT molecular complexity index is 652. The van der Waals surface area contributed by atoms with Gasteiger partial charge >= 0.3 is 6.03 Å². The third-order valence-electron chi connectivity index (χ3n) is 5.40. The van der Waals surface area contributed by atoms with Gasteiger partial charge in [-0.15, -0.1) is 0 Å². The molecule has 0 atom stereocenters. The topological polar surface area (TPSA) is 82.2 Å². The molecule has 2 aliphatic carbocycles. The Hall–Kier alpha value is -2.05. The highest BCUT2D eigenvalue weighted by Gasteiger charge is 2.24. The predicted molar refractivity (Wildman–Crippen MR) is 109 cm³/mol. The third kappa shape index (κ3) is 5.23. The molecule has 0 bridgehead atoms. The molecule has 1 heterocycles. The minimum atomic E-state index is -0.0601. The van der Waals surface area contributed by atoms with Crippen molar-refractivity contribution in [2.75, 3.05) is 24.3 Å². The summed E-state index contributed by atoms with van der Waals surface area (Å²) in [7, 11) is 4.11. The van der Waals surface area contributed by atoms with Crippen LogP contribution < -0.4 is 20.9 Å². The van der Waals surface area contributed by atoms with E-state index in [-0.39, 0.29) is 18.1 Å². The van der Waals surface area contributed by atoms with Gasteiger partial charge < -0.3 is 20.9 Å². The predicted octanol–water partition coefficient (Wildman–Crippen LogP) is 2.85. The zero-order valence-electron chi connectivity index (χ0n) is 17.1. The molecule has 1 aromatic rings. The van der Waals surface area contributed by atoms with E-state index >= 15 is 0 Å². The fraction of sp³-hybridized carbons (Fsp3) is 0.750. The van der Waals surface area contributed by atoms with Gasteiger partial charge in [0.2, 0.25) is 5.95 Å². The number of hydrogen-bond acceptors (Lipinski definition) is 5. The average Bonchev–Trinajstić information content (AvgIpc) is 2.62. The molecule has 3 rings (SSSR count). The molecule has 1 saturated carbocycles. The maximum Gasteiger partial charge on any atom is 0.315 e. The van der Waals surface area contributed by atoms with Crippen molar-refractivity contribution in [3.63, 3.8) is 0 Å². The van der Waals surface area contributed by atoms with E-state index in [0.29, 0.717) is 6.04 Å². The normalized spacial score (nSPS) is 22.1. The van der Waals surface area contributed by atoms with Crippen molar-refractivity contribution >= 4 is 17.8 Å². The molecule has 0 aliphatic heterocycles. The molecule has 2 amide bonds.